The molecule has 0 aromatic heterocycles. The first-order chi connectivity index (χ1) is 7.13. The van der Waals surface area contributed by atoms with E-state index in [0.717, 1.165) is 12.1 Å². The van der Waals surface area contributed by atoms with Gasteiger partial charge in [-0.05, 0) is 18.5 Å². The van der Waals surface area contributed by atoms with Gasteiger partial charge in [-0.2, -0.15) is 0 Å². The largest absolute Gasteiger partial charge is 0.319 e. The summed E-state index contributed by atoms with van der Waals surface area (Å²) in [7, 11) is -2.08. The van der Waals surface area contributed by atoms with Gasteiger partial charge in [-0.3, -0.25) is 0 Å². The first-order valence-electron chi connectivity index (χ1n) is 6.92. The maximum absolute atomic E-state index is 2.94. The van der Waals surface area contributed by atoms with Crippen molar-refractivity contribution < 1.29 is 0 Å². The SMILES string of the molecule is CC1CCCC(C)N1[Si](C)(C)C[Si](C)(C)C. The predicted octanol–water partition coefficient (Wildman–Crippen LogP) is 4.33. The van der Waals surface area contributed by atoms with E-state index in [1.54, 1.807) is 5.67 Å². The van der Waals surface area contributed by atoms with Crippen molar-refractivity contribution in [1.29, 1.82) is 0 Å². The van der Waals surface area contributed by atoms with Gasteiger partial charge in [0.2, 0.25) is 0 Å². The monoisotopic (exact) mass is 257 g/mol. The van der Waals surface area contributed by atoms with Crippen LogP contribution in [0.5, 0.6) is 0 Å². The summed E-state index contributed by atoms with van der Waals surface area (Å²) in [5.74, 6) is 0. The maximum Gasteiger partial charge on any atom is 0.120 e. The Labute approximate surface area is 105 Å². The van der Waals surface area contributed by atoms with Crippen LogP contribution in [-0.4, -0.2) is 33.0 Å². The van der Waals surface area contributed by atoms with Crippen molar-refractivity contribution in [2.75, 3.05) is 0 Å². The zero-order valence-corrected chi connectivity index (χ0v) is 14.4. The number of hydrogen-bond acceptors (Lipinski definition) is 1. The van der Waals surface area contributed by atoms with Crippen LogP contribution >= 0.6 is 0 Å². The number of nitrogens with zero attached hydrogens (tertiary/aromatic N) is 1. The van der Waals surface area contributed by atoms with Gasteiger partial charge < -0.3 is 4.57 Å². The average molecular weight is 258 g/mol. The van der Waals surface area contributed by atoms with Crippen molar-refractivity contribution in [3.05, 3.63) is 0 Å². The van der Waals surface area contributed by atoms with Crippen LogP contribution in [0.1, 0.15) is 33.1 Å². The van der Waals surface area contributed by atoms with Crippen molar-refractivity contribution in [1.82, 2.24) is 4.57 Å². The van der Waals surface area contributed by atoms with E-state index in [-0.39, 0.29) is 0 Å². The minimum atomic E-state index is -1.17. The zero-order valence-electron chi connectivity index (χ0n) is 12.4. The smallest absolute Gasteiger partial charge is 0.120 e. The van der Waals surface area contributed by atoms with Gasteiger partial charge in [-0.15, -0.1) is 0 Å². The van der Waals surface area contributed by atoms with Crippen LogP contribution in [-0.2, 0) is 0 Å². The van der Waals surface area contributed by atoms with E-state index < -0.39 is 16.3 Å². The average Bonchev–Trinajstić information content (AvgIpc) is 1.97. The quantitative estimate of drug-likeness (QED) is 0.680. The molecule has 3 heteroatoms. The van der Waals surface area contributed by atoms with Crippen molar-refractivity contribution in [2.45, 2.75) is 83.6 Å². The highest BCUT2D eigenvalue weighted by molar-refractivity contribution is 6.93. The topological polar surface area (TPSA) is 3.24 Å². The minimum Gasteiger partial charge on any atom is -0.319 e. The highest BCUT2D eigenvalue weighted by Crippen LogP contribution is 2.32. The standard InChI is InChI=1S/C13H31NSi2/c1-12-9-8-10-13(2)14(12)16(6,7)11-15(3,4)5/h12-13H,8-11H2,1-7H3. The maximum atomic E-state index is 2.94. The second kappa shape index (κ2) is 4.95. The van der Waals surface area contributed by atoms with Crippen molar-refractivity contribution in [3.63, 3.8) is 0 Å². The molecule has 0 aromatic rings. The third-order valence-electron chi connectivity index (χ3n) is 3.86. The highest BCUT2D eigenvalue weighted by atomic mass is 28.4. The lowest BCUT2D eigenvalue weighted by molar-refractivity contribution is 0.194. The molecular formula is C13H31NSi2. The lowest BCUT2D eigenvalue weighted by Crippen LogP contribution is -2.61. The second-order valence-electron chi connectivity index (χ2n) is 7.59. The highest BCUT2D eigenvalue weighted by Gasteiger charge is 2.40. The van der Waals surface area contributed by atoms with Crippen LogP contribution in [0.4, 0.5) is 0 Å². The summed E-state index contributed by atoms with van der Waals surface area (Å²) in [4.78, 5) is 0. The molecule has 0 aliphatic carbocycles. The third-order valence-corrected chi connectivity index (χ3v) is 13.8. The van der Waals surface area contributed by atoms with E-state index in [1.807, 2.05) is 0 Å². The van der Waals surface area contributed by atoms with Crippen LogP contribution < -0.4 is 0 Å². The summed E-state index contributed by atoms with van der Waals surface area (Å²) in [5.41, 5.74) is 1.55. The molecule has 0 saturated carbocycles. The molecule has 1 fully saturated rings. The van der Waals surface area contributed by atoms with Gasteiger partial charge in [0.1, 0.15) is 8.24 Å². The summed E-state index contributed by atoms with van der Waals surface area (Å²) < 4.78 is 2.94. The molecule has 0 aromatic carbocycles. The molecule has 96 valence electrons. The fraction of sp³-hybridized carbons (Fsp3) is 1.00. The Morgan fingerprint density at radius 3 is 1.75 bits per heavy atom. The number of rotatable bonds is 3. The Morgan fingerprint density at radius 2 is 1.38 bits per heavy atom. The Morgan fingerprint density at radius 1 is 0.938 bits per heavy atom. The molecule has 0 bridgehead atoms. The van der Waals surface area contributed by atoms with Gasteiger partial charge in [0.25, 0.3) is 0 Å². The van der Waals surface area contributed by atoms with Gasteiger partial charge in [-0.1, -0.05) is 53.0 Å². The molecule has 0 amide bonds. The summed E-state index contributed by atoms with van der Waals surface area (Å²) in [6, 6.07) is 1.67. The lowest BCUT2D eigenvalue weighted by atomic mass is 10.0. The Bertz CT molecular complexity index is 223. The van der Waals surface area contributed by atoms with Gasteiger partial charge in [0.05, 0.1) is 0 Å². The van der Waals surface area contributed by atoms with Gasteiger partial charge in [0.15, 0.2) is 0 Å². The fourth-order valence-corrected chi connectivity index (χ4v) is 17.8. The molecule has 0 N–H and O–H groups in total. The number of piperidine rings is 1. The first kappa shape index (κ1) is 14.5. The molecule has 1 aliphatic rings. The van der Waals surface area contributed by atoms with Crippen LogP contribution in [0.25, 0.3) is 0 Å². The van der Waals surface area contributed by atoms with Gasteiger partial charge in [0, 0.05) is 20.2 Å². The summed E-state index contributed by atoms with van der Waals surface area (Å²) >= 11 is 0. The zero-order chi connectivity index (χ0) is 12.6. The molecule has 0 spiro atoms. The molecule has 1 aliphatic heterocycles. The second-order valence-corrected chi connectivity index (χ2v) is 18.3. The van der Waals surface area contributed by atoms with E-state index in [0.29, 0.717) is 0 Å². The molecule has 16 heavy (non-hydrogen) atoms. The first-order valence-corrected chi connectivity index (χ1v) is 13.8. The molecule has 1 rings (SSSR count). The summed E-state index contributed by atoms with van der Waals surface area (Å²) in [6.07, 6.45) is 4.29. The lowest BCUT2D eigenvalue weighted by Gasteiger charge is -2.50. The van der Waals surface area contributed by atoms with Crippen molar-refractivity contribution in [3.8, 4) is 0 Å². The Hall–Kier alpha value is 0.394. The van der Waals surface area contributed by atoms with Crippen LogP contribution in [0.2, 0.25) is 38.4 Å². The molecular weight excluding hydrogens is 226 g/mol. The van der Waals surface area contributed by atoms with Crippen LogP contribution in [0, 0.1) is 0 Å². The van der Waals surface area contributed by atoms with Crippen molar-refractivity contribution >= 4 is 16.3 Å². The van der Waals surface area contributed by atoms with E-state index in [4.69, 9.17) is 0 Å². The molecule has 1 saturated heterocycles. The molecule has 2 unspecified atom stereocenters. The van der Waals surface area contributed by atoms with Gasteiger partial charge >= 0.3 is 0 Å². The molecule has 1 nitrogen and oxygen atoms in total. The van der Waals surface area contributed by atoms with E-state index >= 15 is 0 Å². The summed E-state index contributed by atoms with van der Waals surface area (Å²) in [5, 5.41) is 0. The number of hydrogen-bond donors (Lipinski definition) is 0. The summed E-state index contributed by atoms with van der Waals surface area (Å²) in [6.45, 7) is 17.7. The fourth-order valence-electron chi connectivity index (χ4n) is 4.00. The van der Waals surface area contributed by atoms with Crippen LogP contribution in [0.3, 0.4) is 0 Å². The van der Waals surface area contributed by atoms with Crippen molar-refractivity contribution in [2.24, 2.45) is 0 Å². The van der Waals surface area contributed by atoms with Crippen LogP contribution in [0.15, 0.2) is 0 Å². The Balaban J connectivity index is 2.79. The predicted molar refractivity (Wildman–Crippen MR) is 80.2 cm³/mol. The van der Waals surface area contributed by atoms with E-state index in [1.165, 1.54) is 19.3 Å². The van der Waals surface area contributed by atoms with E-state index in [2.05, 4.69) is 51.1 Å². The van der Waals surface area contributed by atoms with E-state index in [9.17, 15) is 0 Å². The normalized spacial score (nSPS) is 29.4. The molecule has 0 radical (unpaired) electrons. The Kier molecular flexibility index (Phi) is 4.47. The minimum absolute atomic E-state index is 0.835. The third kappa shape index (κ3) is 3.71. The molecule has 1 heterocycles. The van der Waals surface area contributed by atoms with Gasteiger partial charge in [-0.25, -0.2) is 0 Å². The molecule has 2 atom stereocenters.